The fourth-order valence-electron chi connectivity index (χ4n) is 3.44. The van der Waals surface area contributed by atoms with E-state index < -0.39 is 5.82 Å². The SMILES string of the molecule is CC(C)CC(C)Nc1nc(Nc2ccc(N3CCOCC3)c(C#N)c2)ncc1F. The predicted molar refractivity (Wildman–Crippen MR) is 112 cm³/mol. The van der Waals surface area contributed by atoms with Crippen molar-refractivity contribution in [2.24, 2.45) is 5.92 Å². The zero-order chi connectivity index (χ0) is 20.8. The number of rotatable bonds is 7. The summed E-state index contributed by atoms with van der Waals surface area (Å²) in [6.07, 6.45) is 2.05. The number of nitrogens with zero attached hydrogens (tertiary/aromatic N) is 4. The molecule has 3 rings (SSSR count). The molecular weight excluding hydrogens is 371 g/mol. The first-order valence-electron chi connectivity index (χ1n) is 9.89. The van der Waals surface area contributed by atoms with E-state index in [0.717, 1.165) is 31.4 Å². The van der Waals surface area contributed by atoms with E-state index >= 15 is 0 Å². The summed E-state index contributed by atoms with van der Waals surface area (Å²) in [7, 11) is 0. The van der Waals surface area contributed by atoms with E-state index in [2.05, 4.69) is 45.4 Å². The Morgan fingerprint density at radius 2 is 2.03 bits per heavy atom. The molecule has 1 saturated heterocycles. The summed E-state index contributed by atoms with van der Waals surface area (Å²) in [5.74, 6) is 0.440. The van der Waals surface area contributed by atoms with E-state index in [1.165, 1.54) is 0 Å². The van der Waals surface area contributed by atoms with Crippen molar-refractivity contribution < 1.29 is 9.13 Å². The molecule has 1 aromatic carbocycles. The average Bonchev–Trinajstić information content (AvgIpc) is 2.70. The Morgan fingerprint density at radius 3 is 2.72 bits per heavy atom. The van der Waals surface area contributed by atoms with Crippen LogP contribution in [0.3, 0.4) is 0 Å². The first-order chi connectivity index (χ1) is 14.0. The molecule has 2 N–H and O–H groups in total. The molecule has 7 nitrogen and oxygen atoms in total. The number of ether oxygens (including phenoxy) is 1. The van der Waals surface area contributed by atoms with E-state index in [9.17, 15) is 9.65 Å². The molecule has 1 aromatic heterocycles. The number of benzene rings is 1. The van der Waals surface area contributed by atoms with E-state index in [-0.39, 0.29) is 17.8 Å². The van der Waals surface area contributed by atoms with Crippen LogP contribution in [-0.4, -0.2) is 42.3 Å². The first-order valence-corrected chi connectivity index (χ1v) is 9.89. The molecule has 2 aromatic rings. The first kappa shape index (κ1) is 20.8. The van der Waals surface area contributed by atoms with Gasteiger partial charge in [-0.2, -0.15) is 10.2 Å². The van der Waals surface area contributed by atoms with Gasteiger partial charge in [-0.1, -0.05) is 13.8 Å². The van der Waals surface area contributed by atoms with E-state index in [1.54, 1.807) is 6.07 Å². The van der Waals surface area contributed by atoms with Gasteiger partial charge in [0.25, 0.3) is 0 Å². The molecule has 0 aliphatic carbocycles. The standard InChI is InChI=1S/C21H27FN6O/c1-14(2)10-15(3)25-20-18(22)13-24-21(27-20)26-17-4-5-19(16(11-17)12-23)28-6-8-29-9-7-28/h4-5,11,13-15H,6-10H2,1-3H3,(H2,24,25,26,27). The number of morpholine rings is 1. The molecule has 1 fully saturated rings. The Morgan fingerprint density at radius 1 is 1.28 bits per heavy atom. The topological polar surface area (TPSA) is 86.1 Å². The molecule has 29 heavy (non-hydrogen) atoms. The van der Waals surface area contributed by atoms with E-state index in [4.69, 9.17) is 4.74 Å². The lowest BCUT2D eigenvalue weighted by Crippen LogP contribution is -2.36. The van der Waals surface area contributed by atoms with Crippen LogP contribution in [0.2, 0.25) is 0 Å². The van der Waals surface area contributed by atoms with Gasteiger partial charge >= 0.3 is 0 Å². The number of hydrogen-bond acceptors (Lipinski definition) is 7. The summed E-state index contributed by atoms with van der Waals surface area (Å²) < 4.78 is 19.5. The number of anilines is 4. The van der Waals surface area contributed by atoms with Crippen LogP contribution in [0.25, 0.3) is 0 Å². The van der Waals surface area contributed by atoms with Crippen LogP contribution in [-0.2, 0) is 4.74 Å². The van der Waals surface area contributed by atoms with Crippen molar-refractivity contribution in [3.05, 3.63) is 35.8 Å². The number of aromatic nitrogens is 2. The second-order valence-electron chi connectivity index (χ2n) is 7.63. The molecule has 2 heterocycles. The smallest absolute Gasteiger partial charge is 0.229 e. The molecule has 0 saturated carbocycles. The van der Waals surface area contributed by atoms with Gasteiger partial charge in [-0.15, -0.1) is 0 Å². The predicted octanol–water partition coefficient (Wildman–Crippen LogP) is 3.91. The lowest BCUT2D eigenvalue weighted by atomic mass is 10.1. The molecule has 1 atom stereocenters. The van der Waals surface area contributed by atoms with Gasteiger partial charge < -0.3 is 20.3 Å². The Bertz CT molecular complexity index is 876. The highest BCUT2D eigenvalue weighted by molar-refractivity contribution is 5.68. The van der Waals surface area contributed by atoms with Gasteiger partial charge in [-0.25, -0.2) is 9.37 Å². The largest absolute Gasteiger partial charge is 0.378 e. The van der Waals surface area contributed by atoms with Crippen molar-refractivity contribution in [1.82, 2.24) is 9.97 Å². The Balaban J connectivity index is 1.75. The van der Waals surface area contributed by atoms with Crippen molar-refractivity contribution in [3.63, 3.8) is 0 Å². The maximum atomic E-state index is 14.1. The van der Waals surface area contributed by atoms with Crippen molar-refractivity contribution in [1.29, 1.82) is 5.26 Å². The van der Waals surface area contributed by atoms with Gasteiger partial charge in [0, 0.05) is 24.8 Å². The van der Waals surface area contributed by atoms with Crippen LogP contribution in [0.1, 0.15) is 32.8 Å². The minimum absolute atomic E-state index is 0.0882. The Hall–Kier alpha value is -2.92. The van der Waals surface area contributed by atoms with Gasteiger partial charge in [0.2, 0.25) is 5.95 Å². The molecule has 1 aliphatic rings. The highest BCUT2D eigenvalue weighted by Crippen LogP contribution is 2.26. The summed E-state index contributed by atoms with van der Waals surface area (Å²) in [5, 5.41) is 15.7. The van der Waals surface area contributed by atoms with Crippen molar-refractivity contribution in [3.8, 4) is 6.07 Å². The number of nitrogens with one attached hydrogen (secondary N) is 2. The highest BCUT2D eigenvalue weighted by Gasteiger charge is 2.16. The van der Waals surface area contributed by atoms with Crippen LogP contribution in [0.15, 0.2) is 24.4 Å². The molecule has 0 radical (unpaired) electrons. The van der Waals surface area contributed by atoms with Crippen LogP contribution < -0.4 is 15.5 Å². The second kappa shape index (κ2) is 9.52. The monoisotopic (exact) mass is 398 g/mol. The summed E-state index contributed by atoms with van der Waals surface area (Å²) in [5.41, 5.74) is 2.11. The minimum atomic E-state index is -0.494. The van der Waals surface area contributed by atoms with E-state index in [0.29, 0.717) is 30.4 Å². The number of nitriles is 1. The van der Waals surface area contributed by atoms with Gasteiger partial charge in [-0.3, -0.25) is 0 Å². The Labute approximate surface area is 170 Å². The van der Waals surface area contributed by atoms with E-state index in [1.807, 2.05) is 19.1 Å². The summed E-state index contributed by atoms with van der Waals surface area (Å²) in [6, 6.07) is 7.86. The molecule has 0 amide bonds. The second-order valence-corrected chi connectivity index (χ2v) is 7.63. The van der Waals surface area contributed by atoms with Gasteiger partial charge in [0.1, 0.15) is 6.07 Å². The Kier molecular flexibility index (Phi) is 6.83. The highest BCUT2D eigenvalue weighted by atomic mass is 19.1. The summed E-state index contributed by atoms with van der Waals surface area (Å²) in [4.78, 5) is 10.4. The zero-order valence-corrected chi connectivity index (χ0v) is 17.1. The zero-order valence-electron chi connectivity index (χ0n) is 17.1. The molecule has 8 heteroatoms. The third-order valence-corrected chi connectivity index (χ3v) is 4.68. The molecule has 1 unspecified atom stereocenters. The molecule has 0 spiro atoms. The van der Waals surface area contributed by atoms with Crippen LogP contribution >= 0.6 is 0 Å². The fourth-order valence-corrected chi connectivity index (χ4v) is 3.44. The minimum Gasteiger partial charge on any atom is -0.378 e. The van der Waals surface area contributed by atoms with Gasteiger partial charge in [-0.05, 0) is 37.5 Å². The number of halogens is 1. The van der Waals surface area contributed by atoms with Crippen LogP contribution in [0.4, 0.5) is 27.5 Å². The maximum Gasteiger partial charge on any atom is 0.229 e. The van der Waals surface area contributed by atoms with Crippen LogP contribution in [0, 0.1) is 23.1 Å². The lowest BCUT2D eigenvalue weighted by molar-refractivity contribution is 0.122. The molecule has 1 aliphatic heterocycles. The third kappa shape index (κ3) is 5.55. The van der Waals surface area contributed by atoms with Gasteiger partial charge in [0.15, 0.2) is 11.6 Å². The quantitative estimate of drug-likeness (QED) is 0.731. The normalized spacial score (nSPS) is 15.1. The fraction of sp³-hybridized carbons (Fsp3) is 0.476. The molecule has 0 bridgehead atoms. The van der Waals surface area contributed by atoms with Crippen molar-refractivity contribution in [2.45, 2.75) is 33.2 Å². The summed E-state index contributed by atoms with van der Waals surface area (Å²) >= 11 is 0. The average molecular weight is 398 g/mol. The lowest BCUT2D eigenvalue weighted by Gasteiger charge is -2.29. The maximum absolute atomic E-state index is 14.1. The third-order valence-electron chi connectivity index (χ3n) is 4.68. The van der Waals surface area contributed by atoms with Crippen LogP contribution in [0.5, 0.6) is 0 Å². The number of hydrogen-bond donors (Lipinski definition) is 2. The summed E-state index contributed by atoms with van der Waals surface area (Å²) in [6.45, 7) is 9.05. The molecular formula is C21H27FN6O. The van der Waals surface area contributed by atoms with Gasteiger partial charge in [0.05, 0.1) is 30.7 Å². The van der Waals surface area contributed by atoms with Crippen molar-refractivity contribution >= 4 is 23.1 Å². The molecule has 154 valence electrons. The van der Waals surface area contributed by atoms with Crippen molar-refractivity contribution in [2.75, 3.05) is 41.8 Å².